The molecule has 0 saturated heterocycles. The predicted octanol–water partition coefficient (Wildman–Crippen LogP) is 3.68. The molecule has 6 nitrogen and oxygen atoms in total. The maximum absolute atomic E-state index is 12.2. The molecule has 1 aromatic carbocycles. The number of carbonyl (C=O) groups is 1. The SMILES string of the molecule is Cc1noc(C)c1CCC(=O)Nc1cc2c(cc1Cl)OCCCO2. The Labute approximate surface area is 145 Å². The molecule has 128 valence electrons. The number of amides is 1. The van der Waals surface area contributed by atoms with Crippen LogP contribution < -0.4 is 14.8 Å². The van der Waals surface area contributed by atoms with Crippen LogP contribution in [0.25, 0.3) is 0 Å². The smallest absolute Gasteiger partial charge is 0.224 e. The molecule has 1 amide bonds. The Morgan fingerprint density at radius 1 is 1.25 bits per heavy atom. The van der Waals surface area contributed by atoms with Gasteiger partial charge in [-0.15, -0.1) is 0 Å². The number of carbonyl (C=O) groups excluding carboxylic acids is 1. The molecular formula is C17H19ClN2O4. The minimum atomic E-state index is -0.133. The minimum Gasteiger partial charge on any atom is -0.490 e. The van der Waals surface area contributed by atoms with Crippen molar-refractivity contribution in [2.24, 2.45) is 0 Å². The average molecular weight is 351 g/mol. The van der Waals surface area contributed by atoms with E-state index in [0.29, 0.717) is 48.3 Å². The third-order valence-corrected chi connectivity index (χ3v) is 4.21. The zero-order valence-corrected chi connectivity index (χ0v) is 14.4. The molecule has 2 aromatic rings. The van der Waals surface area contributed by atoms with Gasteiger partial charge in [-0.2, -0.15) is 0 Å². The van der Waals surface area contributed by atoms with Crippen molar-refractivity contribution in [1.29, 1.82) is 0 Å². The minimum absolute atomic E-state index is 0.133. The fourth-order valence-corrected chi connectivity index (χ4v) is 2.79. The lowest BCUT2D eigenvalue weighted by Gasteiger charge is -2.12. The van der Waals surface area contributed by atoms with E-state index in [9.17, 15) is 4.79 Å². The van der Waals surface area contributed by atoms with Crippen molar-refractivity contribution in [2.75, 3.05) is 18.5 Å². The molecule has 0 fully saturated rings. The van der Waals surface area contributed by atoms with Gasteiger partial charge in [0.15, 0.2) is 11.5 Å². The number of rotatable bonds is 4. The molecule has 1 aliphatic heterocycles. The van der Waals surface area contributed by atoms with E-state index in [1.807, 2.05) is 13.8 Å². The monoisotopic (exact) mass is 350 g/mol. The van der Waals surface area contributed by atoms with Crippen LogP contribution in [0.3, 0.4) is 0 Å². The van der Waals surface area contributed by atoms with E-state index >= 15 is 0 Å². The first-order valence-corrected chi connectivity index (χ1v) is 8.23. The topological polar surface area (TPSA) is 73.6 Å². The van der Waals surface area contributed by atoms with E-state index in [-0.39, 0.29) is 5.91 Å². The van der Waals surface area contributed by atoms with Crippen LogP contribution in [0.1, 0.15) is 29.9 Å². The van der Waals surface area contributed by atoms with Gasteiger partial charge in [0, 0.05) is 30.5 Å². The largest absolute Gasteiger partial charge is 0.490 e. The summed E-state index contributed by atoms with van der Waals surface area (Å²) in [5.74, 6) is 1.81. The van der Waals surface area contributed by atoms with Crippen LogP contribution in [0.4, 0.5) is 5.69 Å². The van der Waals surface area contributed by atoms with Crippen molar-refractivity contribution < 1.29 is 18.8 Å². The second-order valence-corrected chi connectivity index (χ2v) is 6.09. The zero-order chi connectivity index (χ0) is 17.1. The molecule has 0 atom stereocenters. The van der Waals surface area contributed by atoms with Crippen molar-refractivity contribution >= 4 is 23.2 Å². The predicted molar refractivity (Wildman–Crippen MR) is 90.0 cm³/mol. The van der Waals surface area contributed by atoms with Gasteiger partial charge in [-0.25, -0.2) is 0 Å². The first-order chi connectivity index (χ1) is 11.5. The second-order valence-electron chi connectivity index (χ2n) is 5.68. The maximum Gasteiger partial charge on any atom is 0.224 e. The highest BCUT2D eigenvalue weighted by molar-refractivity contribution is 6.34. The molecule has 2 heterocycles. The van der Waals surface area contributed by atoms with Crippen LogP contribution in [0.2, 0.25) is 5.02 Å². The third kappa shape index (κ3) is 3.64. The lowest BCUT2D eigenvalue weighted by atomic mass is 10.1. The van der Waals surface area contributed by atoms with Crippen molar-refractivity contribution in [3.05, 3.63) is 34.2 Å². The van der Waals surface area contributed by atoms with Crippen LogP contribution >= 0.6 is 11.6 Å². The Kier molecular flexibility index (Phi) is 4.94. The van der Waals surface area contributed by atoms with Gasteiger partial charge >= 0.3 is 0 Å². The number of aromatic nitrogens is 1. The highest BCUT2D eigenvalue weighted by Gasteiger charge is 2.16. The average Bonchev–Trinajstić information content (AvgIpc) is 2.74. The summed E-state index contributed by atoms with van der Waals surface area (Å²) < 4.78 is 16.3. The van der Waals surface area contributed by atoms with E-state index in [0.717, 1.165) is 23.4 Å². The quantitative estimate of drug-likeness (QED) is 0.910. The normalized spacial score (nSPS) is 13.5. The number of hydrogen-bond acceptors (Lipinski definition) is 5. The summed E-state index contributed by atoms with van der Waals surface area (Å²) in [6.45, 7) is 4.87. The molecule has 0 bridgehead atoms. The lowest BCUT2D eigenvalue weighted by Crippen LogP contribution is -2.13. The van der Waals surface area contributed by atoms with Crippen LogP contribution in [-0.2, 0) is 11.2 Å². The highest BCUT2D eigenvalue weighted by Crippen LogP contribution is 2.37. The number of nitrogens with one attached hydrogen (secondary N) is 1. The summed E-state index contributed by atoms with van der Waals surface area (Å²) in [6.07, 6.45) is 1.69. The van der Waals surface area contributed by atoms with Crippen molar-refractivity contribution in [3.8, 4) is 11.5 Å². The van der Waals surface area contributed by atoms with Crippen molar-refractivity contribution in [3.63, 3.8) is 0 Å². The number of benzene rings is 1. The molecule has 3 rings (SSSR count). The van der Waals surface area contributed by atoms with Crippen LogP contribution in [-0.4, -0.2) is 24.3 Å². The van der Waals surface area contributed by atoms with Gasteiger partial charge in [-0.3, -0.25) is 4.79 Å². The standard InChI is InChI=1S/C17H19ClN2O4/c1-10-12(11(2)24-20-10)4-5-17(21)19-14-9-16-15(8-13(14)18)22-6-3-7-23-16/h8-9H,3-7H2,1-2H3,(H,19,21). The lowest BCUT2D eigenvalue weighted by molar-refractivity contribution is -0.116. The molecule has 24 heavy (non-hydrogen) atoms. The molecule has 1 aromatic heterocycles. The highest BCUT2D eigenvalue weighted by atomic mass is 35.5. The van der Waals surface area contributed by atoms with Crippen molar-refractivity contribution in [2.45, 2.75) is 33.1 Å². The molecule has 0 aliphatic carbocycles. The Balaban J connectivity index is 1.67. The van der Waals surface area contributed by atoms with E-state index in [2.05, 4.69) is 10.5 Å². The number of ether oxygens (including phenoxy) is 2. The molecule has 7 heteroatoms. The van der Waals surface area contributed by atoms with E-state index in [1.165, 1.54) is 0 Å². The first kappa shape index (κ1) is 16.6. The summed E-state index contributed by atoms with van der Waals surface area (Å²) in [5, 5.41) is 7.14. The molecular weight excluding hydrogens is 332 g/mol. The van der Waals surface area contributed by atoms with E-state index < -0.39 is 0 Å². The first-order valence-electron chi connectivity index (χ1n) is 7.85. The Hall–Kier alpha value is -2.21. The number of fused-ring (bicyclic) bond motifs is 1. The molecule has 0 radical (unpaired) electrons. The Morgan fingerprint density at radius 2 is 1.96 bits per heavy atom. The number of halogens is 1. The van der Waals surface area contributed by atoms with E-state index in [1.54, 1.807) is 12.1 Å². The zero-order valence-electron chi connectivity index (χ0n) is 13.6. The van der Waals surface area contributed by atoms with Crippen LogP contribution in [0, 0.1) is 13.8 Å². The van der Waals surface area contributed by atoms with Crippen molar-refractivity contribution in [1.82, 2.24) is 5.16 Å². The Morgan fingerprint density at radius 3 is 2.62 bits per heavy atom. The molecule has 1 N–H and O–H groups in total. The van der Waals surface area contributed by atoms with Gasteiger partial charge < -0.3 is 19.3 Å². The van der Waals surface area contributed by atoms with Gasteiger partial charge in [0.05, 0.1) is 29.6 Å². The Bertz CT molecular complexity index is 738. The van der Waals surface area contributed by atoms with Gasteiger partial charge in [-0.1, -0.05) is 16.8 Å². The maximum atomic E-state index is 12.2. The summed E-state index contributed by atoms with van der Waals surface area (Å²) in [6, 6.07) is 3.38. The summed E-state index contributed by atoms with van der Waals surface area (Å²) in [5.41, 5.74) is 2.30. The van der Waals surface area contributed by atoms with Crippen LogP contribution in [0.15, 0.2) is 16.7 Å². The van der Waals surface area contributed by atoms with Gasteiger partial charge in [0.1, 0.15) is 5.76 Å². The number of aryl methyl sites for hydroxylation is 2. The molecule has 0 saturated carbocycles. The fourth-order valence-electron chi connectivity index (χ4n) is 2.59. The van der Waals surface area contributed by atoms with Gasteiger partial charge in [0.2, 0.25) is 5.91 Å². The molecule has 0 spiro atoms. The molecule has 0 unspecified atom stereocenters. The summed E-state index contributed by atoms with van der Waals surface area (Å²) >= 11 is 6.23. The van der Waals surface area contributed by atoms with Gasteiger partial charge in [-0.05, 0) is 20.3 Å². The number of anilines is 1. The third-order valence-electron chi connectivity index (χ3n) is 3.89. The summed E-state index contributed by atoms with van der Waals surface area (Å²) in [4.78, 5) is 12.2. The summed E-state index contributed by atoms with van der Waals surface area (Å²) in [7, 11) is 0. The fraction of sp³-hybridized carbons (Fsp3) is 0.412. The number of nitrogens with zero attached hydrogens (tertiary/aromatic N) is 1. The van der Waals surface area contributed by atoms with E-state index in [4.69, 9.17) is 25.6 Å². The second kappa shape index (κ2) is 7.13. The van der Waals surface area contributed by atoms with Crippen LogP contribution in [0.5, 0.6) is 11.5 Å². The number of hydrogen-bond donors (Lipinski definition) is 1. The molecule has 1 aliphatic rings. The van der Waals surface area contributed by atoms with Gasteiger partial charge in [0.25, 0.3) is 0 Å².